The summed E-state index contributed by atoms with van der Waals surface area (Å²) in [5.41, 5.74) is 11.0. The zero-order valence-corrected chi connectivity index (χ0v) is 12.4. The summed E-state index contributed by atoms with van der Waals surface area (Å²) in [6, 6.07) is 14.4. The van der Waals surface area contributed by atoms with Crippen LogP contribution >= 0.6 is 11.6 Å². The lowest BCUT2D eigenvalue weighted by atomic mass is 9.95. The first-order chi connectivity index (χ1) is 8.97. The van der Waals surface area contributed by atoms with Crippen LogP contribution in [0.3, 0.4) is 0 Å². The Bertz CT molecular complexity index is 538. The van der Waals surface area contributed by atoms with Crippen molar-refractivity contribution >= 4 is 11.6 Å². The Morgan fingerprint density at radius 2 is 1.47 bits per heavy atom. The Morgan fingerprint density at radius 3 is 2.00 bits per heavy atom. The van der Waals surface area contributed by atoms with E-state index in [0.717, 1.165) is 21.7 Å². The van der Waals surface area contributed by atoms with Crippen LogP contribution in [0.1, 0.15) is 48.1 Å². The highest BCUT2D eigenvalue weighted by Crippen LogP contribution is 2.25. The second-order valence-corrected chi connectivity index (χ2v) is 5.80. The molecule has 100 valence electrons. The van der Waals surface area contributed by atoms with Crippen molar-refractivity contribution in [2.24, 2.45) is 5.73 Å². The van der Waals surface area contributed by atoms with E-state index in [4.69, 9.17) is 17.3 Å². The van der Waals surface area contributed by atoms with Crippen molar-refractivity contribution in [2.75, 3.05) is 0 Å². The van der Waals surface area contributed by atoms with Crippen molar-refractivity contribution in [1.82, 2.24) is 0 Å². The van der Waals surface area contributed by atoms with Gasteiger partial charge < -0.3 is 5.73 Å². The zero-order chi connectivity index (χ0) is 14.0. The molecule has 0 aliphatic rings. The molecule has 0 radical (unpaired) electrons. The molecule has 0 aliphatic carbocycles. The van der Waals surface area contributed by atoms with Gasteiger partial charge in [0, 0.05) is 5.02 Å². The van der Waals surface area contributed by atoms with Crippen LogP contribution in [-0.4, -0.2) is 0 Å². The van der Waals surface area contributed by atoms with Crippen LogP contribution in [-0.2, 0) is 0 Å². The summed E-state index contributed by atoms with van der Waals surface area (Å²) in [5.74, 6) is 0.540. The van der Waals surface area contributed by atoms with Gasteiger partial charge in [-0.1, -0.05) is 55.8 Å². The fourth-order valence-electron chi connectivity index (χ4n) is 2.22. The lowest BCUT2D eigenvalue weighted by Gasteiger charge is -2.15. The van der Waals surface area contributed by atoms with Gasteiger partial charge in [0.2, 0.25) is 0 Å². The first-order valence-electron chi connectivity index (χ1n) is 6.60. The molecule has 2 rings (SSSR count). The third-order valence-corrected chi connectivity index (χ3v) is 3.60. The van der Waals surface area contributed by atoms with Crippen LogP contribution in [0, 0.1) is 6.92 Å². The number of hydrogen-bond acceptors (Lipinski definition) is 1. The molecular weight excluding hydrogens is 254 g/mol. The predicted octanol–water partition coefficient (Wildman–Crippen LogP) is 4.82. The van der Waals surface area contributed by atoms with Crippen molar-refractivity contribution in [3.05, 3.63) is 69.7 Å². The molecule has 1 atom stereocenters. The molecule has 2 N–H and O–H groups in total. The number of rotatable bonds is 3. The average Bonchev–Trinajstić information content (AvgIpc) is 2.37. The van der Waals surface area contributed by atoms with Gasteiger partial charge in [-0.3, -0.25) is 0 Å². The molecule has 0 aliphatic heterocycles. The van der Waals surface area contributed by atoms with Crippen molar-refractivity contribution in [3.8, 4) is 0 Å². The first kappa shape index (κ1) is 14.1. The van der Waals surface area contributed by atoms with Crippen LogP contribution in [0.5, 0.6) is 0 Å². The highest BCUT2D eigenvalue weighted by molar-refractivity contribution is 6.30. The third kappa shape index (κ3) is 3.37. The Balaban J connectivity index is 2.30. The molecule has 19 heavy (non-hydrogen) atoms. The van der Waals surface area contributed by atoms with E-state index in [9.17, 15) is 0 Å². The fourth-order valence-corrected chi connectivity index (χ4v) is 2.52. The Morgan fingerprint density at radius 1 is 0.895 bits per heavy atom. The molecule has 0 amide bonds. The molecule has 0 fully saturated rings. The van der Waals surface area contributed by atoms with Crippen LogP contribution in [0.25, 0.3) is 0 Å². The van der Waals surface area contributed by atoms with E-state index in [1.807, 2.05) is 19.1 Å². The van der Waals surface area contributed by atoms with Crippen molar-refractivity contribution < 1.29 is 0 Å². The summed E-state index contributed by atoms with van der Waals surface area (Å²) in [4.78, 5) is 0. The molecule has 2 heteroatoms. The Hall–Kier alpha value is -1.31. The molecule has 0 saturated heterocycles. The van der Waals surface area contributed by atoms with Gasteiger partial charge in [-0.25, -0.2) is 0 Å². The van der Waals surface area contributed by atoms with Crippen molar-refractivity contribution in [2.45, 2.75) is 32.7 Å². The molecule has 2 aromatic rings. The summed E-state index contributed by atoms with van der Waals surface area (Å²) in [7, 11) is 0. The number of benzene rings is 2. The second kappa shape index (κ2) is 5.77. The van der Waals surface area contributed by atoms with Gasteiger partial charge in [-0.15, -0.1) is 0 Å². The topological polar surface area (TPSA) is 26.0 Å². The zero-order valence-electron chi connectivity index (χ0n) is 11.7. The quantitative estimate of drug-likeness (QED) is 0.852. The van der Waals surface area contributed by atoms with E-state index >= 15 is 0 Å². The monoisotopic (exact) mass is 273 g/mol. The maximum absolute atomic E-state index is 6.32. The molecule has 0 saturated carbocycles. The maximum Gasteiger partial charge on any atom is 0.0552 e. The summed E-state index contributed by atoms with van der Waals surface area (Å²) in [6.07, 6.45) is 0. The normalized spacial score (nSPS) is 12.7. The maximum atomic E-state index is 6.32. The van der Waals surface area contributed by atoms with Crippen LogP contribution in [0.4, 0.5) is 0 Å². The van der Waals surface area contributed by atoms with Crippen LogP contribution in [0.2, 0.25) is 5.02 Å². The Kier molecular flexibility index (Phi) is 4.28. The van der Waals surface area contributed by atoms with E-state index < -0.39 is 0 Å². The second-order valence-electron chi connectivity index (χ2n) is 5.36. The third-order valence-electron chi connectivity index (χ3n) is 3.39. The molecule has 0 aromatic heterocycles. The Labute approximate surface area is 120 Å². The molecule has 0 heterocycles. The van der Waals surface area contributed by atoms with Gasteiger partial charge in [0.25, 0.3) is 0 Å². The molecule has 1 nitrogen and oxygen atoms in total. The van der Waals surface area contributed by atoms with Crippen LogP contribution in [0.15, 0.2) is 42.5 Å². The average molecular weight is 274 g/mol. The van der Waals surface area contributed by atoms with Gasteiger partial charge in [0.05, 0.1) is 6.04 Å². The van der Waals surface area contributed by atoms with Gasteiger partial charge in [0.1, 0.15) is 0 Å². The standard InChI is InChI=1S/C17H20ClN/c1-11(2)13-4-6-14(7-5-13)17(19)15-8-12(3)9-16(18)10-15/h4-11,17H,19H2,1-3H3. The van der Waals surface area contributed by atoms with Crippen LogP contribution < -0.4 is 5.73 Å². The minimum absolute atomic E-state index is 0.126. The lowest BCUT2D eigenvalue weighted by Crippen LogP contribution is -2.12. The predicted molar refractivity (Wildman–Crippen MR) is 82.8 cm³/mol. The van der Waals surface area contributed by atoms with E-state index in [0.29, 0.717) is 5.92 Å². The number of hydrogen-bond donors (Lipinski definition) is 1. The minimum atomic E-state index is -0.126. The summed E-state index contributed by atoms with van der Waals surface area (Å²) >= 11 is 6.09. The minimum Gasteiger partial charge on any atom is -0.320 e. The summed E-state index contributed by atoms with van der Waals surface area (Å²) in [5, 5.41) is 0.740. The smallest absolute Gasteiger partial charge is 0.0552 e. The van der Waals surface area contributed by atoms with Crippen molar-refractivity contribution in [3.63, 3.8) is 0 Å². The number of nitrogens with two attached hydrogens (primary N) is 1. The molecule has 0 bridgehead atoms. The summed E-state index contributed by atoms with van der Waals surface area (Å²) < 4.78 is 0. The van der Waals surface area contributed by atoms with Gasteiger partial charge in [-0.05, 0) is 47.2 Å². The van der Waals surface area contributed by atoms with E-state index in [1.54, 1.807) is 0 Å². The number of halogens is 1. The lowest BCUT2D eigenvalue weighted by molar-refractivity contribution is 0.847. The van der Waals surface area contributed by atoms with Gasteiger partial charge >= 0.3 is 0 Å². The van der Waals surface area contributed by atoms with Crippen molar-refractivity contribution in [1.29, 1.82) is 0 Å². The largest absolute Gasteiger partial charge is 0.320 e. The van der Waals surface area contributed by atoms with E-state index in [1.165, 1.54) is 5.56 Å². The highest BCUT2D eigenvalue weighted by atomic mass is 35.5. The van der Waals surface area contributed by atoms with Gasteiger partial charge in [0.15, 0.2) is 0 Å². The summed E-state index contributed by atoms with van der Waals surface area (Å²) in [6.45, 7) is 6.41. The molecular formula is C17H20ClN. The first-order valence-corrected chi connectivity index (χ1v) is 6.97. The van der Waals surface area contributed by atoms with Gasteiger partial charge in [-0.2, -0.15) is 0 Å². The van der Waals surface area contributed by atoms with E-state index in [-0.39, 0.29) is 6.04 Å². The SMILES string of the molecule is Cc1cc(Cl)cc(C(N)c2ccc(C(C)C)cc2)c1. The molecule has 0 spiro atoms. The number of aryl methyl sites for hydroxylation is 1. The molecule has 1 unspecified atom stereocenters. The fraction of sp³-hybridized carbons (Fsp3) is 0.294. The molecule has 2 aromatic carbocycles. The highest BCUT2D eigenvalue weighted by Gasteiger charge is 2.10. The van der Waals surface area contributed by atoms with E-state index in [2.05, 4.69) is 44.2 Å².